The number of likely N-dealkylation sites (N-methyl/N-ethyl adjacent to an activating group) is 1. The largest absolute Gasteiger partial charge is 0.328 e. The highest BCUT2D eigenvalue weighted by Gasteiger charge is 2.27. The maximum absolute atomic E-state index is 7.03. The summed E-state index contributed by atoms with van der Waals surface area (Å²) in [5, 5.41) is 26.4. The van der Waals surface area contributed by atoms with Gasteiger partial charge in [-0.3, -0.25) is 20.5 Å². The lowest BCUT2D eigenvalue weighted by molar-refractivity contribution is 0.381. The van der Waals surface area contributed by atoms with E-state index in [2.05, 4.69) is 39.1 Å². The zero-order valence-corrected chi connectivity index (χ0v) is 24.7. The molecule has 37 heavy (non-hydrogen) atoms. The number of hydrogen-bond acceptors (Lipinski definition) is 9. The van der Waals surface area contributed by atoms with Crippen LogP contribution in [0.3, 0.4) is 0 Å². The van der Waals surface area contributed by atoms with Crippen molar-refractivity contribution in [1.82, 2.24) is 9.73 Å². The summed E-state index contributed by atoms with van der Waals surface area (Å²) in [7, 11) is 2.01. The Bertz CT molecular complexity index is 935. The average Bonchev–Trinajstić information content (AvgIpc) is 3.29. The molecule has 1 aliphatic heterocycles. The zero-order valence-electron chi connectivity index (χ0n) is 22.3. The highest BCUT2D eigenvalue weighted by molar-refractivity contribution is 8.14. The molecule has 1 aliphatic rings. The molecule has 0 aromatic heterocycles. The van der Waals surface area contributed by atoms with E-state index in [1.165, 1.54) is 23.8 Å². The van der Waals surface area contributed by atoms with E-state index in [-0.39, 0.29) is 5.04 Å². The number of hydrogen-bond donors (Lipinski definition) is 5. The fourth-order valence-electron chi connectivity index (χ4n) is 2.80. The molecule has 0 aliphatic carbocycles. The van der Waals surface area contributed by atoms with Crippen molar-refractivity contribution in [2.75, 3.05) is 25.9 Å². The van der Waals surface area contributed by atoms with Gasteiger partial charge in [0, 0.05) is 42.2 Å². The van der Waals surface area contributed by atoms with E-state index in [1.807, 2.05) is 70.1 Å². The Hall–Kier alpha value is -2.37. The number of rotatable bonds is 8. The van der Waals surface area contributed by atoms with Crippen LogP contribution in [0.1, 0.15) is 44.7 Å². The highest BCUT2D eigenvalue weighted by atomic mass is 35.5. The summed E-state index contributed by atoms with van der Waals surface area (Å²) in [5.41, 5.74) is 8.67. The molecule has 1 unspecified atom stereocenters. The van der Waals surface area contributed by atoms with Crippen LogP contribution in [0.5, 0.6) is 0 Å². The van der Waals surface area contributed by atoms with Crippen LogP contribution in [-0.4, -0.2) is 60.2 Å². The molecule has 1 atom stereocenters. The summed E-state index contributed by atoms with van der Waals surface area (Å²) in [6.45, 7) is 9.47. The first-order valence-corrected chi connectivity index (χ1v) is 14.2. The van der Waals surface area contributed by atoms with Crippen molar-refractivity contribution in [3.63, 3.8) is 0 Å². The molecule has 2 aromatic carbocycles. The predicted molar refractivity (Wildman–Crippen MR) is 168 cm³/mol. The van der Waals surface area contributed by atoms with Gasteiger partial charge in [-0.25, -0.2) is 0 Å². The number of hydrazone groups is 1. The first kappa shape index (κ1) is 34.6. The van der Waals surface area contributed by atoms with E-state index in [9.17, 15) is 0 Å². The number of halogens is 1. The van der Waals surface area contributed by atoms with Gasteiger partial charge in [0.2, 0.25) is 0 Å². The van der Waals surface area contributed by atoms with Crippen LogP contribution in [0.4, 0.5) is 0 Å². The van der Waals surface area contributed by atoms with Crippen LogP contribution in [0.15, 0.2) is 64.7 Å². The van der Waals surface area contributed by atoms with Crippen molar-refractivity contribution in [2.45, 2.75) is 39.7 Å². The third-order valence-electron chi connectivity index (χ3n) is 4.18. The third kappa shape index (κ3) is 16.2. The molecule has 0 saturated carbocycles. The lowest BCUT2D eigenvalue weighted by Gasteiger charge is -2.13. The molecule has 0 bridgehead atoms. The summed E-state index contributed by atoms with van der Waals surface area (Å²) < 4.78 is 2.69. The van der Waals surface area contributed by atoms with E-state index in [1.54, 1.807) is 0 Å². The molecule has 8 nitrogen and oxygen atoms in total. The summed E-state index contributed by atoms with van der Waals surface area (Å²) in [6.07, 6.45) is 2.46. The minimum absolute atomic E-state index is 0.148. The van der Waals surface area contributed by atoms with Crippen LogP contribution >= 0.6 is 35.5 Å². The molecule has 11 heteroatoms. The molecule has 0 amide bonds. The van der Waals surface area contributed by atoms with E-state index >= 15 is 0 Å². The van der Waals surface area contributed by atoms with Gasteiger partial charge in [-0.1, -0.05) is 93.7 Å². The Balaban J connectivity index is 0.000000621. The SMILES string of the molecule is CC.CC(C)N.CN1CC(c2ccccc2)C(c2ccc(Cl)cc2)=N1.N=CC(=N)SNC=NCCSN. The number of nitrogens with one attached hydrogen (secondary N) is 3. The van der Waals surface area contributed by atoms with Crippen LogP contribution in [0, 0.1) is 10.8 Å². The van der Waals surface area contributed by atoms with E-state index in [0.717, 1.165) is 46.8 Å². The lowest BCUT2D eigenvalue weighted by Crippen LogP contribution is -2.15. The normalized spacial score (nSPS) is 13.9. The van der Waals surface area contributed by atoms with Crippen LogP contribution in [-0.2, 0) is 0 Å². The molecule has 1 heterocycles. The molecule has 0 spiro atoms. The molecule has 2 aromatic rings. The quantitative estimate of drug-likeness (QED) is 0.122. The second kappa shape index (κ2) is 21.7. The zero-order chi connectivity index (χ0) is 28.1. The Kier molecular flexibility index (Phi) is 20.3. The maximum Gasteiger partial charge on any atom is 0.126 e. The fraction of sp³-hybridized carbons (Fsp3) is 0.385. The number of nitrogens with two attached hydrogens (primary N) is 2. The minimum Gasteiger partial charge on any atom is -0.328 e. The first-order valence-electron chi connectivity index (χ1n) is 12.0. The van der Waals surface area contributed by atoms with Crippen molar-refractivity contribution in [3.8, 4) is 0 Å². The smallest absolute Gasteiger partial charge is 0.126 e. The van der Waals surface area contributed by atoms with Crippen LogP contribution in [0.2, 0.25) is 5.02 Å². The molecular weight excluding hydrogens is 524 g/mol. The van der Waals surface area contributed by atoms with Gasteiger partial charge in [0.1, 0.15) is 5.04 Å². The van der Waals surface area contributed by atoms with Crippen molar-refractivity contribution >= 4 is 58.8 Å². The van der Waals surface area contributed by atoms with Gasteiger partial charge >= 0.3 is 0 Å². The molecule has 204 valence electrons. The van der Waals surface area contributed by atoms with Gasteiger partial charge in [-0.2, -0.15) is 5.10 Å². The fourth-order valence-corrected chi connectivity index (χ4v) is 3.45. The number of benzene rings is 2. The minimum atomic E-state index is 0.148. The van der Waals surface area contributed by atoms with Crippen molar-refractivity contribution in [1.29, 1.82) is 10.8 Å². The second-order valence-corrected chi connectivity index (χ2v) is 9.73. The molecule has 3 rings (SSSR count). The van der Waals surface area contributed by atoms with Crippen molar-refractivity contribution < 1.29 is 0 Å². The molecule has 0 radical (unpaired) electrons. The van der Waals surface area contributed by atoms with E-state index in [0.29, 0.717) is 18.5 Å². The molecule has 7 N–H and O–H groups in total. The Morgan fingerprint density at radius 3 is 2.35 bits per heavy atom. The third-order valence-corrected chi connectivity index (χ3v) is 5.41. The van der Waals surface area contributed by atoms with Crippen molar-refractivity contribution in [3.05, 3.63) is 70.7 Å². The predicted octanol–water partition coefficient (Wildman–Crippen LogP) is 5.64. The summed E-state index contributed by atoms with van der Waals surface area (Å²) in [6, 6.07) is 18.8. The Morgan fingerprint density at radius 1 is 1.22 bits per heavy atom. The lowest BCUT2D eigenvalue weighted by atomic mass is 9.91. The number of aliphatic imine (C=N–C) groups is 1. The molecular formula is C26H41ClN8S2. The van der Waals surface area contributed by atoms with Gasteiger partial charge in [0.05, 0.1) is 24.8 Å². The van der Waals surface area contributed by atoms with Crippen molar-refractivity contribution in [2.24, 2.45) is 21.0 Å². The number of nitrogens with zero attached hydrogens (tertiary/aromatic N) is 3. The second-order valence-electron chi connectivity index (χ2n) is 7.67. The van der Waals surface area contributed by atoms with Gasteiger partial charge in [0.25, 0.3) is 0 Å². The summed E-state index contributed by atoms with van der Waals surface area (Å²) >= 11 is 8.23. The summed E-state index contributed by atoms with van der Waals surface area (Å²) in [5.74, 6) is 1.11. The highest BCUT2D eigenvalue weighted by Crippen LogP contribution is 2.28. The summed E-state index contributed by atoms with van der Waals surface area (Å²) in [4.78, 5) is 3.94. The van der Waals surface area contributed by atoms with Gasteiger partial charge in [-0.15, -0.1) is 0 Å². The van der Waals surface area contributed by atoms with Gasteiger partial charge in [0.15, 0.2) is 0 Å². The van der Waals surface area contributed by atoms with Gasteiger partial charge in [-0.05, 0) is 29.3 Å². The Morgan fingerprint density at radius 2 is 1.81 bits per heavy atom. The monoisotopic (exact) mass is 564 g/mol. The average molecular weight is 565 g/mol. The molecule has 0 fully saturated rings. The van der Waals surface area contributed by atoms with E-state index < -0.39 is 0 Å². The maximum atomic E-state index is 7.03. The van der Waals surface area contributed by atoms with Gasteiger partial charge < -0.3 is 15.9 Å². The first-order chi connectivity index (χ1) is 17.8. The standard InChI is InChI=1S/C16H15ClN2.C5H11N5S2.C3H9N.C2H6/c1-19-11-15(12-5-3-2-4-6-12)16(18-19)13-7-9-14(17)10-8-13;6-3-5(7)12-10-4-9-1-2-11-8;1-3(2)4;1-2/h2-10,15H,11H2,1H3;3-4,6-7H,1-2,8H2,(H,9,10);3H,4H2,1-2H3;1-2H3. The Labute approximate surface area is 236 Å². The van der Waals surface area contributed by atoms with Crippen LogP contribution < -0.4 is 15.6 Å². The van der Waals surface area contributed by atoms with E-state index in [4.69, 9.17) is 33.3 Å². The van der Waals surface area contributed by atoms with Crippen LogP contribution in [0.25, 0.3) is 0 Å². The topological polar surface area (TPSA) is 140 Å². The molecule has 0 saturated heterocycles.